The van der Waals surface area contributed by atoms with E-state index in [1.807, 2.05) is 12.3 Å². The summed E-state index contributed by atoms with van der Waals surface area (Å²) in [6.45, 7) is 2.60. The Hall–Kier alpha value is -2.19. The molecule has 3 aromatic rings. The SMILES string of the molecule is CSc1nc(N2CCCc3nc(Cl)ncc32)c2cc(C)c(=O)n(C)c2n1. The predicted octanol–water partition coefficient (Wildman–Crippen LogP) is 2.89. The maximum atomic E-state index is 12.4. The molecule has 0 radical (unpaired) electrons. The van der Waals surface area contributed by atoms with Crippen LogP contribution in [0.3, 0.4) is 0 Å². The van der Waals surface area contributed by atoms with Crippen LogP contribution in [0, 0.1) is 6.92 Å². The van der Waals surface area contributed by atoms with Crippen LogP contribution in [0.15, 0.2) is 22.2 Å². The monoisotopic (exact) mass is 388 g/mol. The third kappa shape index (κ3) is 2.73. The molecule has 0 amide bonds. The number of anilines is 2. The number of pyridine rings is 1. The Morgan fingerprint density at radius 2 is 2.08 bits per heavy atom. The molecule has 4 rings (SSSR count). The summed E-state index contributed by atoms with van der Waals surface area (Å²) in [7, 11) is 1.74. The van der Waals surface area contributed by atoms with Gasteiger partial charge in [-0.15, -0.1) is 0 Å². The second-order valence-corrected chi connectivity index (χ2v) is 7.30. The number of hydrogen-bond acceptors (Lipinski definition) is 7. The molecule has 0 bridgehead atoms. The second-order valence-electron chi connectivity index (χ2n) is 6.19. The van der Waals surface area contributed by atoms with Crippen LogP contribution in [-0.2, 0) is 13.5 Å². The fourth-order valence-corrected chi connectivity index (χ4v) is 3.79. The quantitative estimate of drug-likeness (QED) is 0.493. The van der Waals surface area contributed by atoms with Gasteiger partial charge in [-0.3, -0.25) is 9.36 Å². The zero-order valence-corrected chi connectivity index (χ0v) is 16.2. The molecule has 1 aliphatic heterocycles. The molecule has 3 aromatic heterocycles. The average molecular weight is 389 g/mol. The van der Waals surface area contributed by atoms with Crippen molar-refractivity contribution in [1.29, 1.82) is 0 Å². The summed E-state index contributed by atoms with van der Waals surface area (Å²) in [5, 5.41) is 1.71. The average Bonchev–Trinajstić information content (AvgIpc) is 2.65. The number of aryl methyl sites for hydroxylation is 3. The zero-order chi connectivity index (χ0) is 18.4. The number of nitrogens with zero attached hydrogens (tertiary/aromatic N) is 6. The number of rotatable bonds is 2. The van der Waals surface area contributed by atoms with E-state index in [4.69, 9.17) is 16.6 Å². The summed E-state index contributed by atoms with van der Waals surface area (Å²) in [5.74, 6) is 0.768. The van der Waals surface area contributed by atoms with E-state index in [-0.39, 0.29) is 10.8 Å². The Balaban J connectivity index is 2.02. The molecule has 0 aliphatic carbocycles. The first-order valence-electron chi connectivity index (χ1n) is 8.21. The molecule has 9 heteroatoms. The first kappa shape index (κ1) is 17.2. The molecule has 0 aromatic carbocycles. The van der Waals surface area contributed by atoms with Gasteiger partial charge in [-0.2, -0.15) is 0 Å². The van der Waals surface area contributed by atoms with Crippen molar-refractivity contribution < 1.29 is 0 Å². The van der Waals surface area contributed by atoms with E-state index in [9.17, 15) is 4.79 Å². The lowest BCUT2D eigenvalue weighted by molar-refractivity contribution is 0.729. The highest BCUT2D eigenvalue weighted by atomic mass is 35.5. The summed E-state index contributed by atoms with van der Waals surface area (Å²) in [6.07, 6.45) is 5.45. The number of fused-ring (bicyclic) bond motifs is 2. The Morgan fingerprint density at radius 3 is 2.85 bits per heavy atom. The highest BCUT2D eigenvalue weighted by molar-refractivity contribution is 7.98. The Bertz CT molecular complexity index is 1080. The first-order chi connectivity index (χ1) is 12.5. The van der Waals surface area contributed by atoms with Gasteiger partial charge in [-0.25, -0.2) is 19.9 Å². The van der Waals surface area contributed by atoms with E-state index in [2.05, 4.69) is 19.9 Å². The van der Waals surface area contributed by atoms with Gasteiger partial charge in [-0.1, -0.05) is 11.8 Å². The minimum Gasteiger partial charge on any atom is -0.323 e. The Labute approximate surface area is 159 Å². The van der Waals surface area contributed by atoms with E-state index in [0.717, 1.165) is 42.0 Å². The van der Waals surface area contributed by atoms with Crippen molar-refractivity contribution in [2.75, 3.05) is 17.7 Å². The maximum absolute atomic E-state index is 12.4. The minimum atomic E-state index is -0.0524. The molecule has 1 aliphatic rings. The van der Waals surface area contributed by atoms with Gasteiger partial charge in [0.1, 0.15) is 11.5 Å². The number of hydrogen-bond donors (Lipinski definition) is 0. The van der Waals surface area contributed by atoms with Crippen molar-refractivity contribution in [1.82, 2.24) is 24.5 Å². The summed E-state index contributed by atoms with van der Waals surface area (Å²) >= 11 is 7.41. The third-order valence-electron chi connectivity index (χ3n) is 4.55. The highest BCUT2D eigenvalue weighted by Gasteiger charge is 2.25. The first-order valence-corrected chi connectivity index (χ1v) is 9.81. The number of halogens is 1. The maximum Gasteiger partial charge on any atom is 0.254 e. The fourth-order valence-electron chi connectivity index (χ4n) is 3.29. The highest BCUT2D eigenvalue weighted by Crippen LogP contribution is 2.35. The van der Waals surface area contributed by atoms with Crippen LogP contribution in [0.25, 0.3) is 11.0 Å². The van der Waals surface area contributed by atoms with Crippen molar-refractivity contribution in [2.45, 2.75) is 24.9 Å². The van der Waals surface area contributed by atoms with Gasteiger partial charge in [0.25, 0.3) is 5.56 Å². The molecule has 26 heavy (non-hydrogen) atoms. The normalized spacial score (nSPS) is 13.9. The predicted molar refractivity (Wildman–Crippen MR) is 104 cm³/mol. The van der Waals surface area contributed by atoms with Gasteiger partial charge >= 0.3 is 0 Å². The number of thioether (sulfide) groups is 1. The molecule has 0 spiro atoms. The van der Waals surface area contributed by atoms with Crippen LogP contribution in [0.2, 0.25) is 5.28 Å². The van der Waals surface area contributed by atoms with Crippen LogP contribution in [0.5, 0.6) is 0 Å². The van der Waals surface area contributed by atoms with Gasteiger partial charge in [-0.05, 0) is 43.7 Å². The summed E-state index contributed by atoms with van der Waals surface area (Å²) in [6, 6.07) is 1.86. The third-order valence-corrected chi connectivity index (χ3v) is 5.28. The lowest BCUT2D eigenvalue weighted by Crippen LogP contribution is -2.28. The van der Waals surface area contributed by atoms with Crippen LogP contribution in [0.4, 0.5) is 11.5 Å². The van der Waals surface area contributed by atoms with E-state index in [1.165, 1.54) is 11.8 Å². The summed E-state index contributed by atoms with van der Waals surface area (Å²) in [5.41, 5.74) is 3.04. The van der Waals surface area contributed by atoms with E-state index in [1.54, 1.807) is 24.7 Å². The van der Waals surface area contributed by atoms with Crippen molar-refractivity contribution in [3.05, 3.63) is 39.2 Å². The molecule has 134 valence electrons. The van der Waals surface area contributed by atoms with Crippen LogP contribution in [-0.4, -0.2) is 37.3 Å². The zero-order valence-electron chi connectivity index (χ0n) is 14.7. The Kier molecular flexibility index (Phi) is 4.32. The molecular weight excluding hydrogens is 372 g/mol. The van der Waals surface area contributed by atoms with E-state index in [0.29, 0.717) is 16.4 Å². The van der Waals surface area contributed by atoms with Gasteiger partial charge in [0.05, 0.1) is 23.0 Å². The lowest BCUT2D eigenvalue weighted by atomic mass is 10.1. The van der Waals surface area contributed by atoms with Gasteiger partial charge < -0.3 is 4.90 Å². The Morgan fingerprint density at radius 1 is 1.27 bits per heavy atom. The topological polar surface area (TPSA) is 76.8 Å². The second kappa shape index (κ2) is 6.51. The molecule has 0 fully saturated rings. The molecule has 7 nitrogen and oxygen atoms in total. The molecule has 4 heterocycles. The molecule has 0 saturated carbocycles. The van der Waals surface area contributed by atoms with Gasteiger partial charge in [0.2, 0.25) is 5.28 Å². The number of aromatic nitrogens is 5. The molecule has 0 atom stereocenters. The van der Waals surface area contributed by atoms with E-state index >= 15 is 0 Å². The molecule has 0 unspecified atom stereocenters. The summed E-state index contributed by atoms with van der Waals surface area (Å²) < 4.78 is 1.58. The molecule has 0 saturated heterocycles. The van der Waals surface area contributed by atoms with Gasteiger partial charge in [0, 0.05) is 19.2 Å². The smallest absolute Gasteiger partial charge is 0.254 e. The van der Waals surface area contributed by atoms with Crippen LogP contribution >= 0.6 is 23.4 Å². The van der Waals surface area contributed by atoms with Crippen molar-refractivity contribution >= 4 is 45.9 Å². The summed E-state index contributed by atoms with van der Waals surface area (Å²) in [4.78, 5) is 32.3. The van der Waals surface area contributed by atoms with Crippen LogP contribution < -0.4 is 10.5 Å². The van der Waals surface area contributed by atoms with Crippen LogP contribution in [0.1, 0.15) is 17.7 Å². The minimum absolute atomic E-state index is 0.0524. The van der Waals surface area contributed by atoms with E-state index < -0.39 is 0 Å². The fraction of sp³-hybridized carbons (Fsp3) is 0.353. The van der Waals surface area contributed by atoms with Crippen molar-refractivity contribution in [3.8, 4) is 0 Å². The van der Waals surface area contributed by atoms with Crippen molar-refractivity contribution in [3.63, 3.8) is 0 Å². The van der Waals surface area contributed by atoms with Gasteiger partial charge in [0.15, 0.2) is 5.16 Å². The standard InChI is InChI=1S/C17H17ClN6OS/c1-9-7-10-13(23(2)15(9)25)21-17(26-3)22-14(10)24-6-4-5-11-12(24)8-19-16(18)20-11/h7-8H,4-6H2,1-3H3. The lowest BCUT2D eigenvalue weighted by Gasteiger charge is -2.30. The van der Waals surface area contributed by atoms with Crippen molar-refractivity contribution in [2.24, 2.45) is 7.05 Å². The largest absolute Gasteiger partial charge is 0.323 e. The molecular formula is C17H17ClN6OS. The molecule has 0 N–H and O–H groups in total.